The first kappa shape index (κ1) is 10.2. The Labute approximate surface area is 81.7 Å². The van der Waals surface area contributed by atoms with Gasteiger partial charge in [-0.1, -0.05) is 6.92 Å². The molecule has 0 amide bonds. The van der Waals surface area contributed by atoms with Crippen LogP contribution in [0.5, 0.6) is 0 Å². The van der Waals surface area contributed by atoms with Crippen LogP contribution in [0.25, 0.3) is 0 Å². The number of rotatable bonds is 3. The van der Waals surface area contributed by atoms with Crippen LogP contribution in [0.4, 0.5) is 0 Å². The zero-order valence-corrected chi connectivity index (χ0v) is 8.51. The van der Waals surface area contributed by atoms with Crippen LogP contribution in [0.3, 0.4) is 0 Å². The highest BCUT2D eigenvalue weighted by molar-refractivity contribution is 7.09. The third kappa shape index (κ3) is 1.87. The van der Waals surface area contributed by atoms with Gasteiger partial charge < -0.3 is 5.11 Å². The fourth-order valence-corrected chi connectivity index (χ4v) is 1.76. The molecular weight excluding hydrogens is 184 g/mol. The van der Waals surface area contributed by atoms with E-state index in [1.807, 2.05) is 6.92 Å². The lowest BCUT2D eigenvalue weighted by atomic mass is 9.83. The highest BCUT2D eigenvalue weighted by atomic mass is 32.1. The van der Waals surface area contributed by atoms with E-state index in [0.717, 1.165) is 4.88 Å². The van der Waals surface area contributed by atoms with Gasteiger partial charge in [0, 0.05) is 6.20 Å². The van der Waals surface area contributed by atoms with E-state index in [9.17, 15) is 5.11 Å². The van der Waals surface area contributed by atoms with E-state index in [4.69, 9.17) is 5.26 Å². The zero-order valence-electron chi connectivity index (χ0n) is 7.69. The lowest BCUT2D eigenvalue weighted by Crippen LogP contribution is -2.22. The van der Waals surface area contributed by atoms with Gasteiger partial charge in [0.25, 0.3) is 0 Å². The average Bonchev–Trinajstić information content (AvgIpc) is 2.68. The molecule has 1 aromatic heterocycles. The molecule has 0 saturated heterocycles. The lowest BCUT2D eigenvalue weighted by Gasteiger charge is -2.24. The molecule has 0 aliphatic heterocycles. The maximum Gasteiger partial charge on any atom is 0.108 e. The van der Waals surface area contributed by atoms with Crippen LogP contribution in [-0.4, -0.2) is 10.1 Å². The molecule has 0 aromatic carbocycles. The topological polar surface area (TPSA) is 56.9 Å². The van der Waals surface area contributed by atoms with Crippen molar-refractivity contribution in [2.45, 2.75) is 26.4 Å². The number of nitrogens with zero attached hydrogens (tertiary/aromatic N) is 2. The maximum absolute atomic E-state index is 9.88. The summed E-state index contributed by atoms with van der Waals surface area (Å²) in [6.07, 6.45) is 1.51. The molecule has 3 nitrogen and oxygen atoms in total. The second kappa shape index (κ2) is 3.86. The largest absolute Gasteiger partial charge is 0.386 e. The Hall–Kier alpha value is -0.920. The lowest BCUT2D eigenvalue weighted by molar-refractivity contribution is 0.0752. The molecular formula is C9H12N2OS. The summed E-state index contributed by atoms with van der Waals surface area (Å²) in [6.45, 7) is 3.66. The van der Waals surface area contributed by atoms with E-state index in [1.54, 1.807) is 18.6 Å². The van der Waals surface area contributed by atoms with Crippen molar-refractivity contribution in [3.8, 4) is 6.07 Å². The van der Waals surface area contributed by atoms with E-state index in [1.165, 1.54) is 11.3 Å². The summed E-state index contributed by atoms with van der Waals surface area (Å²) in [5, 5.41) is 18.8. The van der Waals surface area contributed by atoms with Gasteiger partial charge in [0.05, 0.1) is 21.9 Å². The summed E-state index contributed by atoms with van der Waals surface area (Å²) in [5.41, 5.74) is 0.957. The van der Waals surface area contributed by atoms with Crippen molar-refractivity contribution >= 4 is 11.3 Å². The van der Waals surface area contributed by atoms with Gasteiger partial charge in [-0.05, 0) is 13.3 Å². The van der Waals surface area contributed by atoms with Crippen molar-refractivity contribution in [3.05, 3.63) is 16.6 Å². The minimum atomic E-state index is -0.727. The highest BCUT2D eigenvalue weighted by Gasteiger charge is 2.33. The monoisotopic (exact) mass is 196 g/mol. The van der Waals surface area contributed by atoms with E-state index >= 15 is 0 Å². The summed E-state index contributed by atoms with van der Waals surface area (Å²) >= 11 is 1.38. The number of aliphatic hydroxyl groups excluding tert-OH is 1. The van der Waals surface area contributed by atoms with Crippen molar-refractivity contribution in [2.75, 3.05) is 0 Å². The smallest absolute Gasteiger partial charge is 0.108 e. The number of aliphatic hydroxyl groups is 1. The molecule has 13 heavy (non-hydrogen) atoms. The van der Waals surface area contributed by atoms with Crippen LogP contribution in [0.15, 0.2) is 11.7 Å². The van der Waals surface area contributed by atoms with Gasteiger partial charge in [0.2, 0.25) is 0 Å². The Kier molecular flexibility index (Phi) is 3.02. The van der Waals surface area contributed by atoms with Crippen molar-refractivity contribution in [1.29, 1.82) is 5.26 Å². The average molecular weight is 196 g/mol. The normalized spacial score (nSPS) is 17.4. The fourth-order valence-electron chi connectivity index (χ4n) is 1.01. The van der Waals surface area contributed by atoms with E-state index in [0.29, 0.717) is 6.42 Å². The zero-order chi connectivity index (χ0) is 9.90. The summed E-state index contributed by atoms with van der Waals surface area (Å²) in [4.78, 5) is 4.63. The summed E-state index contributed by atoms with van der Waals surface area (Å²) in [7, 11) is 0. The summed E-state index contributed by atoms with van der Waals surface area (Å²) in [5.74, 6) is 0. The quantitative estimate of drug-likeness (QED) is 0.805. The number of hydrogen-bond acceptors (Lipinski definition) is 4. The van der Waals surface area contributed by atoms with E-state index < -0.39 is 11.5 Å². The third-order valence-electron chi connectivity index (χ3n) is 2.31. The van der Waals surface area contributed by atoms with Gasteiger partial charge in [-0.3, -0.25) is 4.98 Å². The minimum absolute atomic E-state index is 0.628. The maximum atomic E-state index is 9.88. The van der Waals surface area contributed by atoms with Crippen LogP contribution in [0.1, 0.15) is 31.2 Å². The Morgan fingerprint density at radius 2 is 2.54 bits per heavy atom. The Morgan fingerprint density at radius 3 is 2.92 bits per heavy atom. The molecule has 0 aliphatic rings. The standard InChI is InChI=1S/C9H12N2OS/c1-3-9(2,5-10)8(12)7-4-11-6-13-7/h4,6,8,12H,3H2,1-2H3. The van der Waals surface area contributed by atoms with E-state index in [-0.39, 0.29) is 0 Å². The fraction of sp³-hybridized carbons (Fsp3) is 0.556. The number of aromatic nitrogens is 1. The Bertz CT molecular complexity index is 304. The summed E-state index contributed by atoms with van der Waals surface area (Å²) < 4.78 is 0. The number of thiazole rings is 1. The molecule has 0 bridgehead atoms. The molecule has 70 valence electrons. The van der Waals surface area contributed by atoms with Crippen LogP contribution >= 0.6 is 11.3 Å². The van der Waals surface area contributed by atoms with Crippen molar-refractivity contribution in [3.63, 3.8) is 0 Å². The van der Waals surface area contributed by atoms with Crippen LogP contribution in [0, 0.1) is 16.7 Å². The molecule has 2 unspecified atom stereocenters. The molecule has 2 atom stereocenters. The predicted molar refractivity (Wildman–Crippen MR) is 51.1 cm³/mol. The first-order chi connectivity index (χ1) is 6.14. The Morgan fingerprint density at radius 1 is 1.85 bits per heavy atom. The molecule has 0 radical (unpaired) electrons. The van der Waals surface area contributed by atoms with E-state index in [2.05, 4.69) is 11.1 Å². The number of hydrogen-bond donors (Lipinski definition) is 1. The van der Waals surface area contributed by atoms with Crippen LogP contribution < -0.4 is 0 Å². The van der Waals surface area contributed by atoms with Gasteiger partial charge in [-0.15, -0.1) is 11.3 Å². The van der Waals surface area contributed by atoms with Gasteiger partial charge >= 0.3 is 0 Å². The summed E-state index contributed by atoms with van der Waals surface area (Å²) in [6, 6.07) is 2.15. The SMILES string of the molecule is CCC(C)(C#N)C(O)c1cncs1. The van der Waals surface area contributed by atoms with Crippen molar-refractivity contribution in [1.82, 2.24) is 4.98 Å². The molecule has 0 aliphatic carbocycles. The van der Waals surface area contributed by atoms with Crippen molar-refractivity contribution in [2.24, 2.45) is 5.41 Å². The van der Waals surface area contributed by atoms with Crippen LogP contribution in [-0.2, 0) is 0 Å². The molecule has 0 spiro atoms. The third-order valence-corrected chi connectivity index (χ3v) is 3.14. The van der Waals surface area contributed by atoms with Crippen LogP contribution in [0.2, 0.25) is 0 Å². The Balaban J connectivity index is 2.90. The molecule has 0 saturated carbocycles. The van der Waals surface area contributed by atoms with Gasteiger partial charge in [-0.25, -0.2) is 0 Å². The molecule has 1 rings (SSSR count). The molecule has 1 aromatic rings. The molecule has 1 heterocycles. The first-order valence-electron chi connectivity index (χ1n) is 4.11. The van der Waals surface area contributed by atoms with Gasteiger partial charge in [0.15, 0.2) is 0 Å². The molecule has 1 N–H and O–H groups in total. The van der Waals surface area contributed by atoms with Gasteiger partial charge in [0.1, 0.15) is 6.10 Å². The molecule has 0 fully saturated rings. The van der Waals surface area contributed by atoms with Gasteiger partial charge in [-0.2, -0.15) is 5.26 Å². The first-order valence-corrected chi connectivity index (χ1v) is 4.99. The minimum Gasteiger partial charge on any atom is -0.386 e. The highest BCUT2D eigenvalue weighted by Crippen LogP contribution is 2.37. The van der Waals surface area contributed by atoms with Crippen molar-refractivity contribution < 1.29 is 5.11 Å². The predicted octanol–water partition coefficient (Wildman–Crippen LogP) is 2.12. The number of nitriles is 1. The second-order valence-corrected chi connectivity index (χ2v) is 4.11. The second-order valence-electron chi connectivity index (χ2n) is 3.19. The molecule has 4 heteroatoms.